The lowest BCUT2D eigenvalue weighted by atomic mass is 9.88. The van der Waals surface area contributed by atoms with Crippen LogP contribution in [0.25, 0.3) is 0 Å². The van der Waals surface area contributed by atoms with Crippen LogP contribution in [0, 0.1) is 27.6 Å². The standard InChI is InChI=1S/C20H17F3N2O7/c1-31-16(26)9-13(10-3-5-12(6-4-10)25(29)30)18(20(28)32-2)24-19(27)17-14(22)7-11(21)8-15(17)23/h3-8,13,18H,9H2,1-2H3,(H,24,27)/t13-,18+/m0/s1. The molecule has 12 heteroatoms. The average molecular weight is 454 g/mol. The topological polar surface area (TPSA) is 125 Å². The zero-order chi connectivity index (χ0) is 24.0. The van der Waals surface area contributed by atoms with E-state index in [1.807, 2.05) is 0 Å². The van der Waals surface area contributed by atoms with Gasteiger partial charge in [-0.2, -0.15) is 0 Å². The Morgan fingerprint density at radius 1 is 1.03 bits per heavy atom. The second-order valence-electron chi connectivity index (χ2n) is 6.45. The zero-order valence-electron chi connectivity index (χ0n) is 16.8. The molecule has 0 unspecified atom stereocenters. The number of non-ortho nitro benzene ring substituents is 1. The van der Waals surface area contributed by atoms with Crippen LogP contribution < -0.4 is 5.32 Å². The van der Waals surface area contributed by atoms with Gasteiger partial charge in [0, 0.05) is 30.2 Å². The van der Waals surface area contributed by atoms with Crippen LogP contribution in [0.2, 0.25) is 0 Å². The molecule has 0 heterocycles. The van der Waals surface area contributed by atoms with Crippen molar-refractivity contribution >= 4 is 23.5 Å². The number of halogens is 3. The summed E-state index contributed by atoms with van der Waals surface area (Å²) in [5.41, 5.74) is -1.24. The van der Waals surface area contributed by atoms with Crippen molar-refractivity contribution in [2.75, 3.05) is 14.2 Å². The van der Waals surface area contributed by atoms with Crippen LogP contribution in [0.4, 0.5) is 18.9 Å². The Morgan fingerprint density at radius 3 is 2.06 bits per heavy atom. The first kappa shape index (κ1) is 24.3. The van der Waals surface area contributed by atoms with Gasteiger partial charge in [-0.1, -0.05) is 12.1 Å². The lowest BCUT2D eigenvalue weighted by molar-refractivity contribution is -0.384. The number of hydrogen-bond donors (Lipinski definition) is 1. The van der Waals surface area contributed by atoms with Gasteiger partial charge in [0.2, 0.25) is 0 Å². The van der Waals surface area contributed by atoms with E-state index in [1.165, 1.54) is 12.1 Å². The van der Waals surface area contributed by atoms with Crippen LogP contribution in [0.1, 0.15) is 28.3 Å². The van der Waals surface area contributed by atoms with E-state index in [0.717, 1.165) is 26.4 Å². The van der Waals surface area contributed by atoms with Crippen molar-refractivity contribution in [3.63, 3.8) is 0 Å². The predicted octanol–water partition coefficient (Wildman–Crippen LogP) is 2.63. The molecule has 2 rings (SSSR count). The molecule has 170 valence electrons. The fourth-order valence-electron chi connectivity index (χ4n) is 2.96. The summed E-state index contributed by atoms with van der Waals surface area (Å²) >= 11 is 0. The molecular weight excluding hydrogens is 437 g/mol. The molecule has 0 aliphatic rings. The molecule has 9 nitrogen and oxygen atoms in total. The number of nitrogens with zero attached hydrogens (tertiary/aromatic N) is 1. The number of rotatable bonds is 8. The minimum atomic E-state index is -1.66. The highest BCUT2D eigenvalue weighted by Crippen LogP contribution is 2.28. The predicted molar refractivity (Wildman–Crippen MR) is 102 cm³/mol. The highest BCUT2D eigenvalue weighted by molar-refractivity contribution is 5.97. The van der Waals surface area contributed by atoms with Gasteiger partial charge in [-0.05, 0) is 5.56 Å². The maximum Gasteiger partial charge on any atom is 0.329 e. The number of nitro benzene ring substituents is 1. The number of amides is 1. The van der Waals surface area contributed by atoms with Crippen LogP contribution in [0.3, 0.4) is 0 Å². The molecule has 2 aromatic rings. The summed E-state index contributed by atoms with van der Waals surface area (Å²) in [7, 11) is 2.05. The van der Waals surface area contributed by atoms with E-state index in [0.29, 0.717) is 0 Å². The zero-order valence-corrected chi connectivity index (χ0v) is 16.8. The number of nitrogens with one attached hydrogen (secondary N) is 1. The SMILES string of the molecule is COC(=O)C[C@@H](c1ccc([N+](=O)[O-])cc1)[C@@H](NC(=O)c1c(F)cc(F)cc1F)C(=O)OC. The number of hydrogen-bond acceptors (Lipinski definition) is 7. The first-order chi connectivity index (χ1) is 15.1. The molecule has 0 saturated carbocycles. The third-order valence-corrected chi connectivity index (χ3v) is 4.52. The number of carbonyl (C=O) groups is 3. The fraction of sp³-hybridized carbons (Fsp3) is 0.250. The van der Waals surface area contributed by atoms with Gasteiger partial charge in [-0.15, -0.1) is 0 Å². The van der Waals surface area contributed by atoms with Gasteiger partial charge in [-0.25, -0.2) is 18.0 Å². The Hall–Kier alpha value is -3.96. The van der Waals surface area contributed by atoms with Gasteiger partial charge in [0.25, 0.3) is 11.6 Å². The Bertz CT molecular complexity index is 1020. The van der Waals surface area contributed by atoms with Gasteiger partial charge in [0.05, 0.1) is 25.6 Å². The average Bonchev–Trinajstić information content (AvgIpc) is 2.74. The van der Waals surface area contributed by atoms with Crippen molar-refractivity contribution in [3.05, 3.63) is 75.1 Å². The quantitative estimate of drug-likeness (QED) is 0.369. The van der Waals surface area contributed by atoms with Crippen LogP contribution in [-0.4, -0.2) is 43.0 Å². The lowest BCUT2D eigenvalue weighted by Crippen LogP contribution is -2.46. The second-order valence-corrected chi connectivity index (χ2v) is 6.45. The minimum Gasteiger partial charge on any atom is -0.469 e. The van der Waals surface area contributed by atoms with Gasteiger partial charge >= 0.3 is 11.9 Å². The summed E-state index contributed by atoms with van der Waals surface area (Å²) in [4.78, 5) is 47.1. The van der Waals surface area contributed by atoms with Crippen molar-refractivity contribution in [3.8, 4) is 0 Å². The van der Waals surface area contributed by atoms with Gasteiger partial charge < -0.3 is 14.8 Å². The Morgan fingerprint density at radius 2 is 1.59 bits per heavy atom. The molecule has 0 spiro atoms. The third kappa shape index (κ3) is 5.59. The maximum absolute atomic E-state index is 14.0. The summed E-state index contributed by atoms with van der Waals surface area (Å²) in [6.45, 7) is 0. The molecule has 1 amide bonds. The molecule has 32 heavy (non-hydrogen) atoms. The number of carbonyl (C=O) groups excluding carboxylic acids is 3. The molecule has 1 N–H and O–H groups in total. The smallest absolute Gasteiger partial charge is 0.329 e. The second kappa shape index (κ2) is 10.4. The molecule has 0 aromatic heterocycles. The van der Waals surface area contributed by atoms with Crippen LogP contribution in [-0.2, 0) is 19.1 Å². The first-order valence-electron chi connectivity index (χ1n) is 8.93. The number of esters is 2. The van der Waals surface area contributed by atoms with E-state index >= 15 is 0 Å². The summed E-state index contributed by atoms with van der Waals surface area (Å²) in [6.07, 6.45) is -0.497. The van der Waals surface area contributed by atoms with Crippen LogP contribution in [0.15, 0.2) is 36.4 Å². The highest BCUT2D eigenvalue weighted by Gasteiger charge is 2.35. The molecule has 2 aromatic carbocycles. The van der Waals surface area contributed by atoms with Crippen molar-refractivity contribution in [1.29, 1.82) is 0 Å². The molecule has 0 fully saturated rings. The largest absolute Gasteiger partial charge is 0.469 e. The van der Waals surface area contributed by atoms with Gasteiger partial charge in [-0.3, -0.25) is 19.7 Å². The van der Waals surface area contributed by atoms with Crippen molar-refractivity contribution in [1.82, 2.24) is 5.32 Å². The van der Waals surface area contributed by atoms with Crippen LogP contribution in [0.5, 0.6) is 0 Å². The summed E-state index contributed by atoms with van der Waals surface area (Å²) in [5, 5.41) is 13.0. The van der Waals surface area contributed by atoms with E-state index in [1.54, 1.807) is 0 Å². The Labute approximate surface area is 179 Å². The molecule has 0 radical (unpaired) electrons. The van der Waals surface area contributed by atoms with E-state index in [-0.39, 0.29) is 23.4 Å². The van der Waals surface area contributed by atoms with E-state index < -0.39 is 64.2 Å². The first-order valence-corrected chi connectivity index (χ1v) is 8.93. The monoisotopic (exact) mass is 454 g/mol. The number of benzene rings is 2. The van der Waals surface area contributed by atoms with Gasteiger partial charge in [0.15, 0.2) is 0 Å². The van der Waals surface area contributed by atoms with E-state index in [2.05, 4.69) is 14.8 Å². The summed E-state index contributed by atoms with van der Waals surface area (Å²) < 4.78 is 50.4. The summed E-state index contributed by atoms with van der Waals surface area (Å²) in [5.74, 6) is -8.76. The fourth-order valence-corrected chi connectivity index (χ4v) is 2.96. The normalized spacial score (nSPS) is 12.4. The summed E-state index contributed by atoms with van der Waals surface area (Å²) in [6, 6.07) is 3.61. The van der Waals surface area contributed by atoms with Crippen molar-refractivity contribution in [2.24, 2.45) is 0 Å². The maximum atomic E-state index is 14.0. The molecule has 0 bridgehead atoms. The minimum absolute atomic E-state index is 0.191. The van der Waals surface area contributed by atoms with E-state index in [4.69, 9.17) is 0 Å². The molecule has 0 aliphatic carbocycles. The van der Waals surface area contributed by atoms with Crippen molar-refractivity contribution < 1.29 is 42.0 Å². The molecule has 0 saturated heterocycles. The number of ether oxygens (including phenoxy) is 2. The van der Waals surface area contributed by atoms with Gasteiger partial charge in [0.1, 0.15) is 29.1 Å². The lowest BCUT2D eigenvalue weighted by Gasteiger charge is -2.26. The Balaban J connectivity index is 2.49. The van der Waals surface area contributed by atoms with Crippen molar-refractivity contribution in [2.45, 2.75) is 18.4 Å². The molecular formula is C20H17F3N2O7. The number of methoxy groups -OCH3 is 2. The highest BCUT2D eigenvalue weighted by atomic mass is 19.1. The number of nitro groups is 1. The van der Waals surface area contributed by atoms with E-state index in [9.17, 15) is 37.7 Å². The van der Waals surface area contributed by atoms with Crippen LogP contribution >= 0.6 is 0 Å². The molecule has 2 atom stereocenters. The molecule has 0 aliphatic heterocycles. The third-order valence-electron chi connectivity index (χ3n) is 4.52. The Kier molecular flexibility index (Phi) is 7.88.